The minimum Gasteiger partial charge on any atom is -0.373 e. The number of halogens is 3. The molecule has 0 aromatic carbocycles. The zero-order chi connectivity index (χ0) is 6.78. The minimum atomic E-state index is -4.83. The molecule has 0 fully saturated rings. The molecule has 2 nitrogen and oxygen atoms in total. The summed E-state index contributed by atoms with van der Waals surface area (Å²) in [7, 11) is 0. The molecule has 0 aliphatic heterocycles. The van der Waals surface area contributed by atoms with E-state index in [9.17, 15) is 18.0 Å². The zero-order valence-electron chi connectivity index (χ0n) is 4.95. The summed E-state index contributed by atoms with van der Waals surface area (Å²) < 4.78 is 35.4. The van der Waals surface area contributed by atoms with Crippen LogP contribution < -0.4 is 0 Å². The van der Waals surface area contributed by atoms with Crippen LogP contribution >= 0.6 is 0 Å². The Hall–Kier alpha value is -0.143. The molecule has 0 aromatic rings. The molecule has 0 heterocycles. The molecule has 0 spiro atoms. The molecule has 0 aromatic heterocycles. The summed E-state index contributed by atoms with van der Waals surface area (Å²) in [4.78, 5) is 9.52. The van der Waals surface area contributed by atoms with Gasteiger partial charge in [-0.3, -0.25) is 4.79 Å². The molecule has 0 rings (SSSR count). The van der Waals surface area contributed by atoms with E-state index in [1.165, 1.54) is 0 Å². The van der Waals surface area contributed by atoms with Gasteiger partial charge in [0.05, 0.1) is 0 Å². The average Bonchev–Trinajstić information content (AvgIpc) is 1.21. The Bertz CT molecular complexity index is 99.7. The zero-order valence-corrected chi connectivity index (χ0v) is 4.95. The molecule has 0 atom stereocenters. The first-order chi connectivity index (χ1) is 3.42. The second kappa shape index (κ2) is 3.80. The molecule has 9 heavy (non-hydrogen) atoms. The normalized spacial score (nSPS) is 9.78. The number of hydrogen-bond acceptors (Lipinski definition) is 2. The number of hydrogen-bond donors (Lipinski definition) is 0. The monoisotopic (exact) mass is 135 g/mol. The molecule has 1 radical (unpaired) electrons. The number of carbonyl (C=O) groups excluding carboxylic acids is 1. The number of rotatable bonds is 0. The van der Waals surface area contributed by atoms with Crippen LogP contribution in [0.25, 0.3) is 0 Å². The van der Waals surface area contributed by atoms with E-state index in [2.05, 4.69) is 4.74 Å². The molecule has 6 heteroatoms. The van der Waals surface area contributed by atoms with Crippen molar-refractivity contribution in [2.75, 3.05) is 0 Å². The van der Waals surface area contributed by atoms with E-state index in [0.717, 1.165) is 0 Å². The van der Waals surface area contributed by atoms with E-state index in [1.54, 1.807) is 0 Å². The van der Waals surface area contributed by atoms with Crippen LogP contribution in [-0.4, -0.2) is 31.2 Å². The van der Waals surface area contributed by atoms with Gasteiger partial charge in [-0.05, 0) is 0 Å². The van der Waals surface area contributed by atoms with Crippen LogP contribution in [0.15, 0.2) is 0 Å². The molecule has 0 amide bonds. The van der Waals surface area contributed by atoms with E-state index < -0.39 is 12.3 Å². The van der Waals surface area contributed by atoms with Crippen molar-refractivity contribution in [2.24, 2.45) is 0 Å². The Labute approximate surface area is 61.5 Å². The maximum absolute atomic E-state index is 10.9. The molecule has 0 N–H and O–H groups in total. The maximum Gasteiger partial charge on any atom is 0.575 e. The van der Waals surface area contributed by atoms with E-state index in [0.29, 0.717) is 6.92 Å². The smallest absolute Gasteiger partial charge is 0.373 e. The molecular formula is C3H3F3LiO2. The summed E-state index contributed by atoms with van der Waals surface area (Å²) >= 11 is 0. The van der Waals surface area contributed by atoms with Crippen LogP contribution in [0.5, 0.6) is 0 Å². The molecular weight excluding hydrogens is 132 g/mol. The van der Waals surface area contributed by atoms with Crippen molar-refractivity contribution in [1.82, 2.24) is 0 Å². The standard InChI is InChI=1S/C3H3F3O2.Li/c1-2(7)8-3(4,5)6;/h1H3;. The van der Waals surface area contributed by atoms with Gasteiger partial charge in [-0.1, -0.05) is 0 Å². The van der Waals surface area contributed by atoms with Gasteiger partial charge in [-0.2, -0.15) is 0 Å². The first-order valence-electron chi connectivity index (χ1n) is 1.68. The van der Waals surface area contributed by atoms with Crippen LogP contribution in [-0.2, 0) is 9.53 Å². The maximum atomic E-state index is 10.9. The third kappa shape index (κ3) is 11.4. The van der Waals surface area contributed by atoms with Crippen molar-refractivity contribution >= 4 is 24.8 Å². The van der Waals surface area contributed by atoms with Gasteiger partial charge in [0, 0.05) is 25.8 Å². The van der Waals surface area contributed by atoms with Crippen molar-refractivity contribution in [3.05, 3.63) is 0 Å². The van der Waals surface area contributed by atoms with Gasteiger partial charge in [0.1, 0.15) is 0 Å². The molecule has 0 saturated carbocycles. The van der Waals surface area contributed by atoms with Crippen molar-refractivity contribution in [3.8, 4) is 0 Å². The van der Waals surface area contributed by atoms with Crippen LogP contribution in [0.4, 0.5) is 13.2 Å². The Morgan fingerprint density at radius 1 is 1.44 bits per heavy atom. The predicted molar refractivity (Wildman–Crippen MR) is 23.6 cm³/mol. The first-order valence-corrected chi connectivity index (χ1v) is 1.68. The van der Waals surface area contributed by atoms with Crippen LogP contribution in [0.3, 0.4) is 0 Å². The second-order valence-corrected chi connectivity index (χ2v) is 1.04. The summed E-state index contributed by atoms with van der Waals surface area (Å²) in [6, 6.07) is 0. The summed E-state index contributed by atoms with van der Waals surface area (Å²) in [5, 5.41) is 0. The number of esters is 1. The van der Waals surface area contributed by atoms with E-state index in [4.69, 9.17) is 0 Å². The quantitative estimate of drug-likeness (QED) is 0.360. The van der Waals surface area contributed by atoms with Gasteiger partial charge in [-0.15, -0.1) is 13.2 Å². The van der Waals surface area contributed by atoms with Crippen molar-refractivity contribution in [2.45, 2.75) is 13.3 Å². The largest absolute Gasteiger partial charge is 0.575 e. The average molecular weight is 135 g/mol. The third-order valence-corrected chi connectivity index (χ3v) is 0.259. The van der Waals surface area contributed by atoms with Gasteiger partial charge < -0.3 is 4.74 Å². The third-order valence-electron chi connectivity index (χ3n) is 0.259. The summed E-state index contributed by atoms with van der Waals surface area (Å²) in [6.45, 7) is 0.688. The summed E-state index contributed by atoms with van der Waals surface area (Å²) in [5.41, 5.74) is 0. The summed E-state index contributed by atoms with van der Waals surface area (Å²) in [6.07, 6.45) is -4.83. The van der Waals surface area contributed by atoms with Gasteiger partial charge in [0.15, 0.2) is 0 Å². The molecule has 0 aliphatic rings. The Kier molecular flexibility index (Phi) is 4.91. The fourth-order valence-electron chi connectivity index (χ4n) is 0.163. The Morgan fingerprint density at radius 3 is 1.78 bits per heavy atom. The molecule has 0 aliphatic carbocycles. The van der Waals surface area contributed by atoms with Crippen LogP contribution in [0, 0.1) is 0 Å². The minimum absolute atomic E-state index is 0. The van der Waals surface area contributed by atoms with Crippen molar-refractivity contribution in [3.63, 3.8) is 0 Å². The van der Waals surface area contributed by atoms with Gasteiger partial charge >= 0.3 is 12.3 Å². The fraction of sp³-hybridized carbons (Fsp3) is 0.667. The molecule has 0 bridgehead atoms. The Morgan fingerprint density at radius 2 is 1.78 bits per heavy atom. The SMILES string of the molecule is CC(=O)OC(F)(F)F.[Li]. The summed E-state index contributed by atoms with van der Waals surface area (Å²) in [5.74, 6) is -1.35. The fourth-order valence-corrected chi connectivity index (χ4v) is 0.163. The van der Waals surface area contributed by atoms with Crippen molar-refractivity contribution in [1.29, 1.82) is 0 Å². The van der Waals surface area contributed by atoms with Gasteiger partial charge in [-0.25, -0.2) is 0 Å². The van der Waals surface area contributed by atoms with Gasteiger partial charge in [0.2, 0.25) is 0 Å². The van der Waals surface area contributed by atoms with Crippen LogP contribution in [0.1, 0.15) is 6.92 Å². The van der Waals surface area contributed by atoms with E-state index in [-0.39, 0.29) is 18.9 Å². The number of alkyl halides is 3. The van der Waals surface area contributed by atoms with Gasteiger partial charge in [0.25, 0.3) is 0 Å². The number of carbonyl (C=O) groups is 1. The number of ether oxygens (including phenoxy) is 1. The Balaban J connectivity index is 0. The predicted octanol–water partition coefficient (Wildman–Crippen LogP) is 0.689. The molecule has 0 unspecified atom stereocenters. The molecule has 0 saturated heterocycles. The second-order valence-electron chi connectivity index (χ2n) is 1.04. The first kappa shape index (κ1) is 11.6. The van der Waals surface area contributed by atoms with E-state index >= 15 is 0 Å². The topological polar surface area (TPSA) is 26.3 Å². The van der Waals surface area contributed by atoms with E-state index in [1.807, 2.05) is 0 Å². The van der Waals surface area contributed by atoms with Crippen LogP contribution in [0.2, 0.25) is 0 Å². The van der Waals surface area contributed by atoms with Crippen molar-refractivity contribution < 1.29 is 22.7 Å². The molecule has 49 valence electrons.